The Hall–Kier alpha value is -2.00. The van der Waals surface area contributed by atoms with E-state index in [1.165, 1.54) is 16.7 Å². The van der Waals surface area contributed by atoms with E-state index < -0.39 is 0 Å². The van der Waals surface area contributed by atoms with Crippen molar-refractivity contribution in [2.24, 2.45) is 5.73 Å². The molecule has 124 valence electrons. The molecule has 0 amide bonds. The standard InChI is InChI=1S/C20H27NO2/c1-4-10-23-20-9-8-17(11-15(20)2)18(14-21)12-16-6-5-7-19(13-16)22-3/h5-9,11,13,18H,4,10,12,14,21H2,1-3H3. The van der Waals surface area contributed by atoms with E-state index in [1.807, 2.05) is 12.1 Å². The maximum Gasteiger partial charge on any atom is 0.122 e. The van der Waals surface area contributed by atoms with Gasteiger partial charge in [-0.1, -0.05) is 31.2 Å². The summed E-state index contributed by atoms with van der Waals surface area (Å²) in [7, 11) is 1.69. The van der Waals surface area contributed by atoms with E-state index >= 15 is 0 Å². The van der Waals surface area contributed by atoms with Crippen molar-refractivity contribution in [3.63, 3.8) is 0 Å². The average Bonchev–Trinajstić information content (AvgIpc) is 2.58. The van der Waals surface area contributed by atoms with Gasteiger partial charge in [0, 0.05) is 5.92 Å². The van der Waals surface area contributed by atoms with E-state index in [9.17, 15) is 0 Å². The molecule has 0 saturated heterocycles. The summed E-state index contributed by atoms with van der Waals surface area (Å²) in [6.45, 7) is 5.58. The first-order valence-electron chi connectivity index (χ1n) is 8.24. The lowest BCUT2D eigenvalue weighted by molar-refractivity contribution is 0.315. The molecule has 2 aromatic rings. The Morgan fingerprint density at radius 2 is 1.96 bits per heavy atom. The van der Waals surface area contributed by atoms with Crippen molar-refractivity contribution in [2.75, 3.05) is 20.3 Å². The van der Waals surface area contributed by atoms with E-state index in [-0.39, 0.29) is 0 Å². The van der Waals surface area contributed by atoms with E-state index in [0.29, 0.717) is 12.5 Å². The zero-order chi connectivity index (χ0) is 16.7. The van der Waals surface area contributed by atoms with Crippen molar-refractivity contribution in [3.05, 3.63) is 59.2 Å². The largest absolute Gasteiger partial charge is 0.497 e. The summed E-state index contributed by atoms with van der Waals surface area (Å²) < 4.78 is 11.1. The first-order chi connectivity index (χ1) is 11.2. The molecule has 2 aromatic carbocycles. The van der Waals surface area contributed by atoms with Gasteiger partial charge < -0.3 is 15.2 Å². The lowest BCUT2D eigenvalue weighted by Gasteiger charge is -2.18. The highest BCUT2D eigenvalue weighted by molar-refractivity contribution is 5.39. The fourth-order valence-electron chi connectivity index (χ4n) is 2.72. The molecule has 3 nitrogen and oxygen atoms in total. The van der Waals surface area contributed by atoms with Crippen LogP contribution in [0.15, 0.2) is 42.5 Å². The third-order valence-corrected chi connectivity index (χ3v) is 4.03. The van der Waals surface area contributed by atoms with Gasteiger partial charge in [-0.25, -0.2) is 0 Å². The molecule has 0 saturated carbocycles. The van der Waals surface area contributed by atoms with E-state index in [4.69, 9.17) is 15.2 Å². The first kappa shape index (κ1) is 17.4. The van der Waals surface area contributed by atoms with Crippen LogP contribution in [0.5, 0.6) is 11.5 Å². The number of benzene rings is 2. The highest BCUT2D eigenvalue weighted by atomic mass is 16.5. The molecule has 0 aliphatic carbocycles. The third-order valence-electron chi connectivity index (χ3n) is 4.03. The maximum atomic E-state index is 6.03. The fourth-order valence-corrected chi connectivity index (χ4v) is 2.72. The van der Waals surface area contributed by atoms with Crippen molar-refractivity contribution in [3.8, 4) is 11.5 Å². The minimum absolute atomic E-state index is 0.293. The van der Waals surface area contributed by atoms with Crippen molar-refractivity contribution in [2.45, 2.75) is 32.6 Å². The second-order valence-corrected chi connectivity index (χ2v) is 5.86. The number of aryl methyl sites for hydroxylation is 1. The summed E-state index contributed by atoms with van der Waals surface area (Å²) >= 11 is 0. The van der Waals surface area contributed by atoms with Gasteiger partial charge in [-0.2, -0.15) is 0 Å². The molecule has 3 heteroatoms. The molecule has 0 aliphatic rings. The highest BCUT2D eigenvalue weighted by Gasteiger charge is 2.13. The second-order valence-electron chi connectivity index (χ2n) is 5.86. The molecule has 0 spiro atoms. The summed E-state index contributed by atoms with van der Waals surface area (Å²) in [6, 6.07) is 14.6. The van der Waals surface area contributed by atoms with Gasteiger partial charge >= 0.3 is 0 Å². The Morgan fingerprint density at radius 3 is 2.61 bits per heavy atom. The third kappa shape index (κ3) is 4.73. The molecule has 2 rings (SSSR count). The van der Waals surface area contributed by atoms with Crippen molar-refractivity contribution < 1.29 is 9.47 Å². The number of hydrogen-bond acceptors (Lipinski definition) is 3. The normalized spacial score (nSPS) is 12.0. The van der Waals surface area contributed by atoms with Crippen LogP contribution >= 0.6 is 0 Å². The molecule has 1 unspecified atom stereocenters. The van der Waals surface area contributed by atoms with Gasteiger partial charge in [-0.15, -0.1) is 0 Å². The Bertz CT molecular complexity index is 625. The number of methoxy groups -OCH3 is 1. The monoisotopic (exact) mass is 313 g/mol. The summed E-state index contributed by atoms with van der Waals surface area (Å²) in [5.41, 5.74) is 9.70. The number of rotatable bonds is 8. The summed E-state index contributed by atoms with van der Waals surface area (Å²) in [5.74, 6) is 2.14. The molecule has 23 heavy (non-hydrogen) atoms. The molecule has 0 bridgehead atoms. The summed E-state index contributed by atoms with van der Waals surface area (Å²) in [6.07, 6.45) is 1.92. The minimum atomic E-state index is 0.293. The van der Waals surface area contributed by atoms with Gasteiger partial charge in [0.15, 0.2) is 0 Å². The highest BCUT2D eigenvalue weighted by Crippen LogP contribution is 2.27. The molecular formula is C20H27NO2. The minimum Gasteiger partial charge on any atom is -0.497 e. The first-order valence-corrected chi connectivity index (χ1v) is 8.24. The quantitative estimate of drug-likeness (QED) is 0.798. The lowest BCUT2D eigenvalue weighted by atomic mass is 9.91. The molecule has 2 N–H and O–H groups in total. The number of ether oxygens (including phenoxy) is 2. The van der Waals surface area contributed by atoms with E-state index in [2.05, 4.69) is 44.2 Å². The van der Waals surface area contributed by atoms with Gasteiger partial charge in [0.2, 0.25) is 0 Å². The van der Waals surface area contributed by atoms with Crippen molar-refractivity contribution >= 4 is 0 Å². The van der Waals surface area contributed by atoms with Gasteiger partial charge in [-0.3, -0.25) is 0 Å². The molecule has 0 aliphatic heterocycles. The van der Waals surface area contributed by atoms with Crippen LogP contribution in [0.4, 0.5) is 0 Å². The lowest BCUT2D eigenvalue weighted by Crippen LogP contribution is -2.15. The van der Waals surface area contributed by atoms with Gasteiger partial charge in [0.05, 0.1) is 13.7 Å². The average molecular weight is 313 g/mol. The maximum absolute atomic E-state index is 6.03. The van der Waals surface area contributed by atoms with Crippen LogP contribution in [0.2, 0.25) is 0 Å². The molecular weight excluding hydrogens is 286 g/mol. The predicted octanol–water partition coefficient (Wildman–Crippen LogP) is 4.08. The zero-order valence-corrected chi connectivity index (χ0v) is 14.3. The Morgan fingerprint density at radius 1 is 1.13 bits per heavy atom. The number of hydrogen-bond donors (Lipinski definition) is 1. The molecule has 0 radical (unpaired) electrons. The Kier molecular flexibility index (Phi) is 6.48. The second kappa shape index (κ2) is 8.59. The molecule has 0 heterocycles. The van der Waals surface area contributed by atoms with Crippen LogP contribution in [0.25, 0.3) is 0 Å². The molecule has 0 fully saturated rings. The van der Waals surface area contributed by atoms with Gasteiger partial charge in [0.25, 0.3) is 0 Å². The van der Waals surface area contributed by atoms with Crippen LogP contribution < -0.4 is 15.2 Å². The van der Waals surface area contributed by atoms with Gasteiger partial charge in [0.1, 0.15) is 11.5 Å². The van der Waals surface area contributed by atoms with E-state index in [1.54, 1.807) is 7.11 Å². The van der Waals surface area contributed by atoms with Crippen LogP contribution in [0.3, 0.4) is 0 Å². The fraction of sp³-hybridized carbons (Fsp3) is 0.400. The summed E-state index contributed by atoms with van der Waals surface area (Å²) in [4.78, 5) is 0. The van der Waals surface area contributed by atoms with Crippen molar-refractivity contribution in [1.82, 2.24) is 0 Å². The zero-order valence-electron chi connectivity index (χ0n) is 14.3. The predicted molar refractivity (Wildman–Crippen MR) is 95.5 cm³/mol. The topological polar surface area (TPSA) is 44.5 Å². The number of nitrogens with two attached hydrogens (primary N) is 1. The Labute approximate surface area is 139 Å². The molecule has 1 atom stereocenters. The SMILES string of the molecule is CCCOc1ccc(C(CN)Cc2cccc(OC)c2)cc1C. The van der Waals surface area contributed by atoms with Gasteiger partial charge in [-0.05, 0) is 61.2 Å². The molecule has 0 aromatic heterocycles. The van der Waals surface area contributed by atoms with Crippen molar-refractivity contribution in [1.29, 1.82) is 0 Å². The van der Waals surface area contributed by atoms with Crippen LogP contribution in [0, 0.1) is 6.92 Å². The van der Waals surface area contributed by atoms with Crippen LogP contribution in [0.1, 0.15) is 36.0 Å². The Balaban J connectivity index is 2.15. The van der Waals surface area contributed by atoms with Crippen LogP contribution in [-0.4, -0.2) is 20.3 Å². The summed E-state index contributed by atoms with van der Waals surface area (Å²) in [5, 5.41) is 0. The van der Waals surface area contributed by atoms with E-state index in [0.717, 1.165) is 30.9 Å². The van der Waals surface area contributed by atoms with Crippen LogP contribution in [-0.2, 0) is 6.42 Å². The smallest absolute Gasteiger partial charge is 0.122 e.